The zero-order chi connectivity index (χ0) is 15.4. The minimum atomic E-state index is 0.279. The van der Waals surface area contributed by atoms with Crippen molar-refractivity contribution in [3.63, 3.8) is 0 Å². The SMILES string of the molecule is CN1CCCN(CC(=O)N2CCC[C@H](c3ncc[nH]3)C2)CC1. The van der Waals surface area contributed by atoms with Gasteiger partial charge in [0.05, 0.1) is 6.54 Å². The number of amides is 1. The number of hydrogen-bond acceptors (Lipinski definition) is 4. The summed E-state index contributed by atoms with van der Waals surface area (Å²) < 4.78 is 0. The van der Waals surface area contributed by atoms with Gasteiger partial charge in [-0.15, -0.1) is 0 Å². The van der Waals surface area contributed by atoms with E-state index in [-0.39, 0.29) is 5.91 Å². The summed E-state index contributed by atoms with van der Waals surface area (Å²) in [6.45, 7) is 6.49. The molecule has 1 N–H and O–H groups in total. The number of hydrogen-bond donors (Lipinski definition) is 1. The van der Waals surface area contributed by atoms with Gasteiger partial charge in [0.25, 0.3) is 0 Å². The molecule has 3 heterocycles. The van der Waals surface area contributed by atoms with Gasteiger partial charge in [-0.25, -0.2) is 4.98 Å². The van der Waals surface area contributed by atoms with E-state index < -0.39 is 0 Å². The van der Waals surface area contributed by atoms with Crippen molar-refractivity contribution in [3.05, 3.63) is 18.2 Å². The molecular formula is C16H27N5O. The average molecular weight is 305 g/mol. The standard InChI is InChI=1S/C16H27N5O/c1-19-7-3-8-20(11-10-19)13-15(22)21-9-2-4-14(12-21)16-17-5-6-18-16/h5-6,14H,2-4,7-13H2,1H3,(H,17,18)/t14-/m0/s1. The Balaban J connectivity index is 1.53. The molecule has 0 saturated carbocycles. The molecule has 0 spiro atoms. The van der Waals surface area contributed by atoms with E-state index in [1.54, 1.807) is 6.20 Å². The van der Waals surface area contributed by atoms with Crippen LogP contribution in [0.2, 0.25) is 0 Å². The molecule has 122 valence electrons. The molecule has 2 saturated heterocycles. The minimum absolute atomic E-state index is 0.279. The second kappa shape index (κ2) is 7.24. The number of nitrogens with zero attached hydrogens (tertiary/aromatic N) is 4. The Morgan fingerprint density at radius 3 is 3.00 bits per heavy atom. The van der Waals surface area contributed by atoms with Gasteiger partial charge in [-0.05, 0) is 39.4 Å². The number of piperidine rings is 1. The Bertz CT molecular complexity index is 475. The van der Waals surface area contributed by atoms with Crippen LogP contribution in [0.4, 0.5) is 0 Å². The molecular weight excluding hydrogens is 278 g/mol. The van der Waals surface area contributed by atoms with Gasteiger partial charge in [-0.2, -0.15) is 0 Å². The van der Waals surface area contributed by atoms with Gasteiger partial charge in [0.2, 0.25) is 5.91 Å². The maximum atomic E-state index is 12.6. The predicted octanol–water partition coefficient (Wildman–Crippen LogP) is 0.753. The van der Waals surface area contributed by atoms with Crippen molar-refractivity contribution in [2.45, 2.75) is 25.2 Å². The van der Waals surface area contributed by atoms with E-state index in [0.29, 0.717) is 12.5 Å². The van der Waals surface area contributed by atoms with Crippen LogP contribution in [0.1, 0.15) is 31.0 Å². The largest absolute Gasteiger partial charge is 0.348 e. The maximum Gasteiger partial charge on any atom is 0.236 e. The molecule has 0 aromatic carbocycles. The summed E-state index contributed by atoms with van der Waals surface area (Å²) >= 11 is 0. The number of aromatic amines is 1. The third-order valence-corrected chi connectivity index (χ3v) is 4.85. The zero-order valence-corrected chi connectivity index (χ0v) is 13.5. The van der Waals surface area contributed by atoms with E-state index in [0.717, 1.165) is 64.4 Å². The molecule has 6 heteroatoms. The molecule has 2 fully saturated rings. The van der Waals surface area contributed by atoms with Crippen molar-refractivity contribution >= 4 is 5.91 Å². The van der Waals surface area contributed by atoms with Gasteiger partial charge in [0, 0.05) is 44.5 Å². The highest BCUT2D eigenvalue weighted by Gasteiger charge is 2.27. The van der Waals surface area contributed by atoms with Crippen molar-refractivity contribution in [2.75, 3.05) is 52.9 Å². The summed E-state index contributed by atoms with van der Waals surface area (Å²) in [7, 11) is 2.16. The normalized spacial score (nSPS) is 25.1. The van der Waals surface area contributed by atoms with E-state index in [4.69, 9.17) is 0 Å². The van der Waals surface area contributed by atoms with Crippen molar-refractivity contribution in [3.8, 4) is 0 Å². The summed E-state index contributed by atoms with van der Waals surface area (Å²) in [6, 6.07) is 0. The van der Waals surface area contributed by atoms with E-state index in [1.807, 2.05) is 11.1 Å². The van der Waals surface area contributed by atoms with Crippen molar-refractivity contribution in [1.82, 2.24) is 24.7 Å². The van der Waals surface area contributed by atoms with Gasteiger partial charge in [-0.3, -0.25) is 9.69 Å². The average Bonchev–Trinajstić information content (AvgIpc) is 2.99. The molecule has 1 aromatic heterocycles. The predicted molar refractivity (Wildman–Crippen MR) is 85.7 cm³/mol. The van der Waals surface area contributed by atoms with Gasteiger partial charge in [0.15, 0.2) is 0 Å². The van der Waals surface area contributed by atoms with Crippen molar-refractivity contribution in [1.29, 1.82) is 0 Å². The molecule has 1 aromatic rings. The van der Waals surface area contributed by atoms with Gasteiger partial charge >= 0.3 is 0 Å². The highest BCUT2D eigenvalue weighted by Crippen LogP contribution is 2.24. The first-order chi connectivity index (χ1) is 10.7. The van der Waals surface area contributed by atoms with E-state index >= 15 is 0 Å². The van der Waals surface area contributed by atoms with E-state index in [2.05, 4.69) is 26.8 Å². The second-order valence-corrected chi connectivity index (χ2v) is 6.59. The number of carbonyl (C=O) groups excluding carboxylic acids is 1. The van der Waals surface area contributed by atoms with E-state index in [1.165, 1.54) is 0 Å². The number of aromatic nitrogens is 2. The highest BCUT2D eigenvalue weighted by atomic mass is 16.2. The van der Waals surface area contributed by atoms with Crippen molar-refractivity contribution < 1.29 is 4.79 Å². The van der Waals surface area contributed by atoms with Gasteiger partial charge in [0.1, 0.15) is 5.82 Å². The van der Waals surface area contributed by atoms with Crippen LogP contribution >= 0.6 is 0 Å². The first-order valence-electron chi connectivity index (χ1n) is 8.40. The summed E-state index contributed by atoms with van der Waals surface area (Å²) in [6.07, 6.45) is 7.00. The Hall–Kier alpha value is -1.40. The Labute approximate surface area is 132 Å². The number of nitrogens with one attached hydrogen (secondary N) is 1. The van der Waals surface area contributed by atoms with Crippen LogP contribution in [0, 0.1) is 0 Å². The lowest BCUT2D eigenvalue weighted by molar-refractivity contribution is -0.133. The lowest BCUT2D eigenvalue weighted by atomic mass is 9.97. The first-order valence-corrected chi connectivity index (χ1v) is 8.40. The summed E-state index contributed by atoms with van der Waals surface area (Å²) in [5, 5.41) is 0. The van der Waals surface area contributed by atoms with Crippen LogP contribution in [0.15, 0.2) is 12.4 Å². The molecule has 0 unspecified atom stereocenters. The van der Waals surface area contributed by atoms with Gasteiger partial charge in [-0.1, -0.05) is 0 Å². The molecule has 0 bridgehead atoms. The fourth-order valence-electron chi connectivity index (χ4n) is 3.48. The summed E-state index contributed by atoms with van der Waals surface area (Å²) in [5.41, 5.74) is 0. The number of rotatable bonds is 3. The molecule has 1 atom stereocenters. The molecule has 0 radical (unpaired) electrons. The number of H-pyrrole nitrogens is 1. The number of likely N-dealkylation sites (N-methyl/N-ethyl adjacent to an activating group) is 1. The fraction of sp³-hybridized carbons (Fsp3) is 0.750. The van der Waals surface area contributed by atoms with Crippen LogP contribution in [0.3, 0.4) is 0 Å². The molecule has 22 heavy (non-hydrogen) atoms. The highest BCUT2D eigenvalue weighted by molar-refractivity contribution is 5.78. The van der Waals surface area contributed by atoms with Crippen LogP contribution in [-0.4, -0.2) is 83.4 Å². The fourth-order valence-corrected chi connectivity index (χ4v) is 3.48. The van der Waals surface area contributed by atoms with Crippen molar-refractivity contribution in [2.24, 2.45) is 0 Å². The molecule has 6 nitrogen and oxygen atoms in total. The third-order valence-electron chi connectivity index (χ3n) is 4.85. The lowest BCUT2D eigenvalue weighted by Crippen LogP contribution is -2.45. The van der Waals surface area contributed by atoms with E-state index in [9.17, 15) is 4.79 Å². The quantitative estimate of drug-likeness (QED) is 0.895. The first kappa shape index (κ1) is 15.5. The van der Waals surface area contributed by atoms with Gasteiger partial charge < -0.3 is 14.8 Å². The number of likely N-dealkylation sites (tertiary alicyclic amines) is 1. The number of carbonyl (C=O) groups is 1. The molecule has 2 aliphatic rings. The molecule has 2 aliphatic heterocycles. The lowest BCUT2D eigenvalue weighted by Gasteiger charge is -2.33. The minimum Gasteiger partial charge on any atom is -0.348 e. The Morgan fingerprint density at radius 1 is 1.27 bits per heavy atom. The Kier molecular flexibility index (Phi) is 5.10. The smallest absolute Gasteiger partial charge is 0.236 e. The summed E-state index contributed by atoms with van der Waals surface area (Å²) in [5.74, 6) is 1.66. The third kappa shape index (κ3) is 3.87. The Morgan fingerprint density at radius 2 is 2.18 bits per heavy atom. The second-order valence-electron chi connectivity index (χ2n) is 6.59. The zero-order valence-electron chi connectivity index (χ0n) is 13.5. The maximum absolute atomic E-state index is 12.6. The molecule has 0 aliphatic carbocycles. The van der Waals surface area contributed by atoms with Crippen LogP contribution < -0.4 is 0 Å². The van der Waals surface area contributed by atoms with Crippen LogP contribution in [-0.2, 0) is 4.79 Å². The van der Waals surface area contributed by atoms with Crippen LogP contribution in [0.5, 0.6) is 0 Å². The monoisotopic (exact) mass is 305 g/mol. The number of imidazole rings is 1. The molecule has 3 rings (SSSR count). The summed E-state index contributed by atoms with van der Waals surface area (Å²) in [4.78, 5) is 26.9. The topological polar surface area (TPSA) is 55.5 Å². The van der Waals surface area contributed by atoms with Crippen LogP contribution in [0.25, 0.3) is 0 Å². The molecule has 1 amide bonds.